The zero-order valence-corrected chi connectivity index (χ0v) is 14.4. The first kappa shape index (κ1) is 15.4. The third-order valence-electron chi connectivity index (χ3n) is 5.96. The molecule has 2 saturated heterocycles. The lowest BCUT2D eigenvalue weighted by atomic mass is 10.0. The molecule has 1 amide bonds. The summed E-state index contributed by atoms with van der Waals surface area (Å²) >= 11 is 0. The van der Waals surface area contributed by atoms with Crippen LogP contribution in [0.3, 0.4) is 0 Å². The molecule has 2 aliphatic heterocycles. The Morgan fingerprint density at radius 3 is 2.80 bits per heavy atom. The highest BCUT2D eigenvalue weighted by Crippen LogP contribution is 2.37. The van der Waals surface area contributed by atoms with Gasteiger partial charge in [-0.15, -0.1) is 0 Å². The Hall–Kier alpha value is -1.91. The van der Waals surface area contributed by atoms with E-state index in [1.807, 2.05) is 30.3 Å². The smallest absolute Gasteiger partial charge is 0.252 e. The van der Waals surface area contributed by atoms with Crippen LogP contribution in [0.25, 0.3) is 10.8 Å². The van der Waals surface area contributed by atoms with Crippen molar-refractivity contribution < 1.29 is 9.53 Å². The molecule has 4 heteroatoms. The summed E-state index contributed by atoms with van der Waals surface area (Å²) in [5.41, 5.74) is 0.773. The number of carbonyl (C=O) groups is 1. The number of ether oxygens (including phenoxy) is 1. The number of benzene rings is 2. The van der Waals surface area contributed by atoms with Gasteiger partial charge in [0, 0.05) is 30.7 Å². The SMILES string of the molecule is O=C(N[C@H]1C[C@H]2CO[C@H](C3CC3)CN2C1)c1cccc2ccccc12. The van der Waals surface area contributed by atoms with Crippen LogP contribution in [0.4, 0.5) is 0 Å². The van der Waals surface area contributed by atoms with Gasteiger partial charge in [-0.2, -0.15) is 0 Å². The standard InChI is InChI=1S/C21H24N2O2/c24-21(19-7-3-5-14-4-1-2-6-18(14)19)22-16-10-17-13-25-20(15-8-9-15)12-23(17)11-16/h1-7,15-17,20H,8-13H2,(H,22,24)/t16-,17-,20-/m0/s1. The number of rotatable bonds is 3. The summed E-state index contributed by atoms with van der Waals surface area (Å²) < 4.78 is 6.06. The van der Waals surface area contributed by atoms with Gasteiger partial charge in [0.25, 0.3) is 5.91 Å². The van der Waals surface area contributed by atoms with Crippen molar-refractivity contribution >= 4 is 16.7 Å². The first-order valence-electron chi connectivity index (χ1n) is 9.42. The molecule has 5 rings (SSSR count). The average Bonchev–Trinajstić information content (AvgIpc) is 3.41. The van der Waals surface area contributed by atoms with Gasteiger partial charge in [-0.1, -0.05) is 36.4 Å². The Bertz CT molecular complexity index is 796. The predicted octanol–water partition coefficient (Wildman–Crippen LogP) is 2.82. The van der Waals surface area contributed by atoms with Crippen LogP contribution in [0.15, 0.2) is 42.5 Å². The normalized spacial score (nSPS) is 29.5. The van der Waals surface area contributed by atoms with Crippen LogP contribution in [0, 0.1) is 5.92 Å². The molecule has 0 unspecified atom stereocenters. The van der Waals surface area contributed by atoms with Crippen LogP contribution in [-0.4, -0.2) is 48.7 Å². The monoisotopic (exact) mass is 336 g/mol. The average molecular weight is 336 g/mol. The van der Waals surface area contributed by atoms with Gasteiger partial charge in [0.1, 0.15) is 0 Å². The fourth-order valence-electron chi connectivity index (χ4n) is 4.44. The van der Waals surface area contributed by atoms with Crippen molar-refractivity contribution in [3.63, 3.8) is 0 Å². The van der Waals surface area contributed by atoms with Gasteiger partial charge in [-0.3, -0.25) is 9.69 Å². The summed E-state index contributed by atoms with van der Waals surface area (Å²) in [6.45, 7) is 2.81. The maximum atomic E-state index is 12.8. The highest BCUT2D eigenvalue weighted by Gasteiger charge is 2.42. The second-order valence-electron chi connectivity index (χ2n) is 7.75. The van der Waals surface area contributed by atoms with Gasteiger partial charge >= 0.3 is 0 Å². The number of morpholine rings is 1. The quantitative estimate of drug-likeness (QED) is 0.937. The first-order chi connectivity index (χ1) is 12.3. The molecule has 0 bridgehead atoms. The van der Waals surface area contributed by atoms with Crippen molar-refractivity contribution in [2.45, 2.75) is 37.5 Å². The molecule has 130 valence electrons. The molecule has 3 atom stereocenters. The Kier molecular flexibility index (Phi) is 3.75. The molecule has 2 aromatic rings. The lowest BCUT2D eigenvalue weighted by molar-refractivity contribution is -0.0581. The minimum Gasteiger partial charge on any atom is -0.375 e. The van der Waals surface area contributed by atoms with Crippen molar-refractivity contribution in [3.05, 3.63) is 48.0 Å². The minimum atomic E-state index is 0.0429. The molecule has 0 spiro atoms. The lowest BCUT2D eigenvalue weighted by Crippen LogP contribution is -2.47. The van der Waals surface area contributed by atoms with Gasteiger partial charge in [0.05, 0.1) is 12.7 Å². The van der Waals surface area contributed by atoms with Crippen molar-refractivity contribution in [1.29, 1.82) is 0 Å². The van der Waals surface area contributed by atoms with Crippen LogP contribution >= 0.6 is 0 Å². The Morgan fingerprint density at radius 1 is 1.08 bits per heavy atom. The van der Waals surface area contributed by atoms with Crippen LogP contribution in [0.2, 0.25) is 0 Å². The number of nitrogens with zero attached hydrogens (tertiary/aromatic N) is 1. The number of hydrogen-bond donors (Lipinski definition) is 1. The Morgan fingerprint density at radius 2 is 1.92 bits per heavy atom. The first-order valence-corrected chi connectivity index (χ1v) is 9.42. The summed E-state index contributed by atoms with van der Waals surface area (Å²) in [6, 6.07) is 14.7. The fourth-order valence-corrected chi connectivity index (χ4v) is 4.44. The molecule has 0 radical (unpaired) electrons. The second kappa shape index (κ2) is 6.11. The molecule has 25 heavy (non-hydrogen) atoms. The number of amides is 1. The van der Waals surface area contributed by atoms with Crippen LogP contribution in [0.5, 0.6) is 0 Å². The number of carbonyl (C=O) groups excluding carboxylic acids is 1. The second-order valence-corrected chi connectivity index (χ2v) is 7.75. The van der Waals surface area contributed by atoms with Crippen molar-refractivity contribution in [2.75, 3.05) is 19.7 Å². The van der Waals surface area contributed by atoms with Crippen molar-refractivity contribution in [2.24, 2.45) is 5.92 Å². The topological polar surface area (TPSA) is 41.6 Å². The van der Waals surface area contributed by atoms with Gasteiger partial charge in [-0.25, -0.2) is 0 Å². The van der Waals surface area contributed by atoms with E-state index in [1.165, 1.54) is 12.8 Å². The van der Waals surface area contributed by atoms with E-state index >= 15 is 0 Å². The minimum absolute atomic E-state index is 0.0429. The number of nitrogens with one attached hydrogen (secondary N) is 1. The van der Waals surface area contributed by atoms with Crippen molar-refractivity contribution in [1.82, 2.24) is 10.2 Å². The van der Waals surface area contributed by atoms with E-state index < -0.39 is 0 Å². The van der Waals surface area contributed by atoms with E-state index in [9.17, 15) is 4.79 Å². The van der Waals surface area contributed by atoms with E-state index in [4.69, 9.17) is 4.74 Å². The maximum Gasteiger partial charge on any atom is 0.252 e. The summed E-state index contributed by atoms with van der Waals surface area (Å²) in [7, 11) is 0. The van der Waals surface area contributed by atoms with E-state index in [1.54, 1.807) is 0 Å². The van der Waals surface area contributed by atoms with Crippen molar-refractivity contribution in [3.8, 4) is 0 Å². The number of fused-ring (bicyclic) bond motifs is 2. The molecule has 1 N–H and O–H groups in total. The fraction of sp³-hybridized carbons (Fsp3) is 0.476. The number of hydrogen-bond acceptors (Lipinski definition) is 3. The molecule has 2 aromatic carbocycles. The zero-order valence-electron chi connectivity index (χ0n) is 14.4. The molecular weight excluding hydrogens is 312 g/mol. The van der Waals surface area contributed by atoms with E-state index in [2.05, 4.69) is 22.3 Å². The van der Waals surface area contributed by atoms with Crippen LogP contribution < -0.4 is 5.32 Å². The molecule has 0 aromatic heterocycles. The predicted molar refractivity (Wildman–Crippen MR) is 97.6 cm³/mol. The Balaban J connectivity index is 1.28. The molecule has 4 nitrogen and oxygen atoms in total. The third kappa shape index (κ3) is 2.94. The zero-order chi connectivity index (χ0) is 16.8. The van der Waals surface area contributed by atoms with E-state index in [0.717, 1.165) is 48.4 Å². The van der Waals surface area contributed by atoms with Crippen LogP contribution in [-0.2, 0) is 4.74 Å². The third-order valence-corrected chi connectivity index (χ3v) is 5.96. The van der Waals surface area contributed by atoms with Crippen LogP contribution in [0.1, 0.15) is 29.6 Å². The van der Waals surface area contributed by atoms with Gasteiger partial charge in [0.15, 0.2) is 0 Å². The molecular formula is C21H24N2O2. The largest absolute Gasteiger partial charge is 0.375 e. The molecule has 2 heterocycles. The summed E-state index contributed by atoms with van der Waals surface area (Å²) in [6.07, 6.45) is 4.06. The van der Waals surface area contributed by atoms with Gasteiger partial charge in [0.2, 0.25) is 0 Å². The highest BCUT2D eigenvalue weighted by atomic mass is 16.5. The molecule has 1 aliphatic carbocycles. The maximum absolute atomic E-state index is 12.8. The van der Waals surface area contributed by atoms with E-state index in [-0.39, 0.29) is 11.9 Å². The molecule has 3 fully saturated rings. The van der Waals surface area contributed by atoms with Gasteiger partial charge < -0.3 is 10.1 Å². The molecule has 3 aliphatic rings. The van der Waals surface area contributed by atoms with Gasteiger partial charge in [-0.05, 0) is 42.0 Å². The summed E-state index contributed by atoms with van der Waals surface area (Å²) in [4.78, 5) is 15.4. The molecule has 1 saturated carbocycles. The Labute approximate surface area is 148 Å². The summed E-state index contributed by atoms with van der Waals surface area (Å²) in [5.74, 6) is 0.826. The highest BCUT2D eigenvalue weighted by molar-refractivity contribution is 6.07. The lowest BCUT2D eigenvalue weighted by Gasteiger charge is -2.35. The van der Waals surface area contributed by atoms with E-state index in [0.29, 0.717) is 12.1 Å². The summed E-state index contributed by atoms with van der Waals surface area (Å²) in [5, 5.41) is 5.40.